The first-order valence-electron chi connectivity index (χ1n) is 8.62. The first kappa shape index (κ1) is 15.0. The summed E-state index contributed by atoms with van der Waals surface area (Å²) in [6.45, 7) is 3.54. The topological polar surface area (TPSA) is 48.5 Å². The number of aromatic nitrogens is 1. The Hall–Kier alpha value is -2.56. The lowest BCUT2D eigenvalue weighted by molar-refractivity contribution is 0.212. The molecule has 0 unspecified atom stereocenters. The van der Waals surface area contributed by atoms with Gasteiger partial charge in [0.25, 0.3) is 0 Å². The van der Waals surface area contributed by atoms with E-state index in [0.717, 1.165) is 24.3 Å². The first-order valence-corrected chi connectivity index (χ1v) is 8.62. The Bertz CT molecular complexity index is 697. The van der Waals surface area contributed by atoms with E-state index in [1.165, 1.54) is 30.5 Å². The van der Waals surface area contributed by atoms with Crippen molar-refractivity contribution in [2.75, 3.05) is 23.3 Å². The second kappa shape index (κ2) is 6.51. The van der Waals surface area contributed by atoms with Crippen LogP contribution in [0.2, 0.25) is 0 Å². The summed E-state index contributed by atoms with van der Waals surface area (Å²) in [5.74, 6) is 0. The van der Waals surface area contributed by atoms with Crippen molar-refractivity contribution in [2.24, 2.45) is 0 Å². The van der Waals surface area contributed by atoms with Crippen LogP contribution in [0, 0.1) is 0 Å². The molecule has 5 heteroatoms. The van der Waals surface area contributed by atoms with E-state index in [9.17, 15) is 4.79 Å². The number of carbonyl (C=O) groups is 1. The van der Waals surface area contributed by atoms with Gasteiger partial charge in [0.1, 0.15) is 0 Å². The Morgan fingerprint density at radius 2 is 1.71 bits per heavy atom. The molecule has 0 aliphatic carbocycles. The summed E-state index contributed by atoms with van der Waals surface area (Å²) in [5, 5.41) is 3.00. The Labute approximate surface area is 142 Å². The minimum absolute atomic E-state index is 0.0584. The molecule has 1 saturated heterocycles. The number of carbonyl (C=O) groups excluding carboxylic acids is 1. The fourth-order valence-electron chi connectivity index (χ4n) is 3.47. The van der Waals surface area contributed by atoms with Crippen LogP contribution in [0.15, 0.2) is 42.7 Å². The number of piperidine rings is 1. The second-order valence-electron chi connectivity index (χ2n) is 6.53. The average Bonchev–Trinajstić information content (AvgIpc) is 3.07. The zero-order valence-electron chi connectivity index (χ0n) is 13.7. The average molecular weight is 322 g/mol. The van der Waals surface area contributed by atoms with Crippen LogP contribution in [0.4, 0.5) is 16.2 Å². The molecule has 2 amide bonds. The molecule has 2 aromatic rings. The molecule has 1 aromatic carbocycles. The van der Waals surface area contributed by atoms with Crippen LogP contribution >= 0.6 is 0 Å². The number of pyridine rings is 1. The first-order chi connectivity index (χ1) is 11.8. The van der Waals surface area contributed by atoms with Crippen molar-refractivity contribution in [3.05, 3.63) is 53.9 Å². The summed E-state index contributed by atoms with van der Waals surface area (Å²) < 4.78 is 0. The zero-order valence-corrected chi connectivity index (χ0v) is 13.7. The molecule has 24 heavy (non-hydrogen) atoms. The highest BCUT2D eigenvalue weighted by Crippen LogP contribution is 2.24. The van der Waals surface area contributed by atoms with Gasteiger partial charge in [-0.2, -0.15) is 0 Å². The van der Waals surface area contributed by atoms with Crippen LogP contribution < -0.4 is 10.2 Å². The fourth-order valence-corrected chi connectivity index (χ4v) is 3.47. The lowest BCUT2D eigenvalue weighted by Gasteiger charge is -2.29. The lowest BCUT2D eigenvalue weighted by Crippen LogP contribution is -2.30. The maximum atomic E-state index is 12.5. The van der Waals surface area contributed by atoms with Crippen LogP contribution in [0.5, 0.6) is 0 Å². The Kier molecular flexibility index (Phi) is 4.07. The van der Waals surface area contributed by atoms with Gasteiger partial charge in [0.05, 0.1) is 0 Å². The van der Waals surface area contributed by atoms with Gasteiger partial charge in [-0.1, -0.05) is 0 Å². The van der Waals surface area contributed by atoms with Crippen LogP contribution in [-0.2, 0) is 13.1 Å². The molecule has 0 spiro atoms. The van der Waals surface area contributed by atoms with E-state index >= 15 is 0 Å². The molecule has 3 heterocycles. The molecule has 124 valence electrons. The van der Waals surface area contributed by atoms with Gasteiger partial charge in [-0.15, -0.1) is 0 Å². The largest absolute Gasteiger partial charge is 0.372 e. The molecule has 0 bridgehead atoms. The normalized spacial score (nSPS) is 16.8. The Balaban J connectivity index is 1.38. The standard InChI is InChI=1S/C19H22N4O/c24-19(23-13-15-8-9-20-12-16(15)14-23)21-17-4-6-18(7-5-17)22-10-2-1-3-11-22/h4-9,12H,1-3,10-11,13-14H2,(H,21,24). The maximum absolute atomic E-state index is 12.5. The summed E-state index contributed by atoms with van der Waals surface area (Å²) in [6.07, 6.45) is 7.49. The molecule has 5 nitrogen and oxygen atoms in total. The van der Waals surface area contributed by atoms with Crippen molar-refractivity contribution in [1.29, 1.82) is 0 Å². The highest BCUT2D eigenvalue weighted by molar-refractivity contribution is 5.89. The summed E-state index contributed by atoms with van der Waals surface area (Å²) in [6, 6.07) is 10.1. The van der Waals surface area contributed by atoms with Crippen LogP contribution in [0.25, 0.3) is 0 Å². The Morgan fingerprint density at radius 1 is 0.958 bits per heavy atom. The van der Waals surface area contributed by atoms with E-state index in [1.54, 1.807) is 6.20 Å². The summed E-state index contributed by atoms with van der Waals surface area (Å²) in [4.78, 5) is 20.8. The molecule has 4 rings (SSSR count). The van der Waals surface area contributed by atoms with Gasteiger partial charge in [-0.3, -0.25) is 4.98 Å². The van der Waals surface area contributed by atoms with Gasteiger partial charge in [-0.05, 0) is 60.7 Å². The van der Waals surface area contributed by atoms with Crippen molar-refractivity contribution in [3.63, 3.8) is 0 Å². The third-order valence-corrected chi connectivity index (χ3v) is 4.85. The van der Waals surface area contributed by atoms with E-state index < -0.39 is 0 Å². The molecule has 0 atom stereocenters. The molecular weight excluding hydrogens is 300 g/mol. The van der Waals surface area contributed by atoms with Gasteiger partial charge < -0.3 is 15.1 Å². The molecule has 0 saturated carbocycles. The second-order valence-corrected chi connectivity index (χ2v) is 6.53. The number of amides is 2. The van der Waals surface area contributed by atoms with Gasteiger partial charge >= 0.3 is 6.03 Å². The number of hydrogen-bond acceptors (Lipinski definition) is 3. The fraction of sp³-hybridized carbons (Fsp3) is 0.368. The number of nitrogens with zero attached hydrogens (tertiary/aromatic N) is 3. The molecule has 2 aliphatic rings. The number of hydrogen-bond donors (Lipinski definition) is 1. The monoisotopic (exact) mass is 322 g/mol. The van der Waals surface area contributed by atoms with Crippen molar-refractivity contribution >= 4 is 17.4 Å². The number of benzene rings is 1. The van der Waals surface area contributed by atoms with Crippen LogP contribution in [-0.4, -0.2) is 29.0 Å². The van der Waals surface area contributed by atoms with E-state index in [2.05, 4.69) is 27.3 Å². The predicted molar refractivity (Wildman–Crippen MR) is 95.0 cm³/mol. The van der Waals surface area contributed by atoms with Gasteiger partial charge in [-0.25, -0.2) is 4.79 Å². The van der Waals surface area contributed by atoms with Gasteiger partial charge in [0.2, 0.25) is 0 Å². The molecule has 1 N–H and O–H groups in total. The highest BCUT2D eigenvalue weighted by Gasteiger charge is 2.23. The summed E-state index contributed by atoms with van der Waals surface area (Å²) in [5.41, 5.74) is 4.40. The molecule has 2 aliphatic heterocycles. The van der Waals surface area contributed by atoms with Crippen LogP contribution in [0.3, 0.4) is 0 Å². The van der Waals surface area contributed by atoms with E-state index in [4.69, 9.17) is 0 Å². The lowest BCUT2D eigenvalue weighted by atomic mass is 10.1. The molecule has 1 aromatic heterocycles. The SMILES string of the molecule is O=C(Nc1ccc(N2CCCCC2)cc1)N1Cc2ccncc2C1. The van der Waals surface area contributed by atoms with E-state index in [-0.39, 0.29) is 6.03 Å². The van der Waals surface area contributed by atoms with Crippen molar-refractivity contribution < 1.29 is 4.79 Å². The van der Waals surface area contributed by atoms with E-state index in [1.807, 2.05) is 29.3 Å². The van der Waals surface area contributed by atoms with E-state index in [0.29, 0.717) is 13.1 Å². The minimum atomic E-state index is -0.0584. The molecular formula is C19H22N4O. The molecule has 1 fully saturated rings. The number of fused-ring (bicyclic) bond motifs is 1. The highest BCUT2D eigenvalue weighted by atomic mass is 16.2. The number of urea groups is 1. The predicted octanol–water partition coefficient (Wildman–Crippen LogP) is 3.62. The maximum Gasteiger partial charge on any atom is 0.322 e. The van der Waals surface area contributed by atoms with Crippen LogP contribution in [0.1, 0.15) is 30.4 Å². The third-order valence-electron chi connectivity index (χ3n) is 4.85. The quantitative estimate of drug-likeness (QED) is 0.918. The molecule has 0 radical (unpaired) electrons. The Morgan fingerprint density at radius 3 is 2.46 bits per heavy atom. The minimum Gasteiger partial charge on any atom is -0.372 e. The van der Waals surface area contributed by atoms with Crippen molar-refractivity contribution in [2.45, 2.75) is 32.4 Å². The number of rotatable bonds is 2. The smallest absolute Gasteiger partial charge is 0.322 e. The summed E-state index contributed by atoms with van der Waals surface area (Å²) >= 11 is 0. The van der Waals surface area contributed by atoms with Crippen molar-refractivity contribution in [1.82, 2.24) is 9.88 Å². The summed E-state index contributed by atoms with van der Waals surface area (Å²) in [7, 11) is 0. The number of anilines is 2. The zero-order chi connectivity index (χ0) is 16.4. The number of nitrogens with one attached hydrogen (secondary N) is 1. The van der Waals surface area contributed by atoms with Crippen molar-refractivity contribution in [3.8, 4) is 0 Å². The van der Waals surface area contributed by atoms with Gasteiger partial charge in [0.15, 0.2) is 0 Å². The van der Waals surface area contributed by atoms with Gasteiger partial charge in [0, 0.05) is 49.9 Å². The third kappa shape index (κ3) is 3.07.